The molecule has 3 aromatic rings. The molecule has 0 fully saturated rings. The summed E-state index contributed by atoms with van der Waals surface area (Å²) in [4.78, 5) is 4.23. The van der Waals surface area contributed by atoms with Crippen LogP contribution in [0.25, 0.3) is 10.9 Å². The largest absolute Gasteiger partial charge is 0.339 e. The van der Waals surface area contributed by atoms with Gasteiger partial charge in [0, 0.05) is 24.0 Å². The van der Waals surface area contributed by atoms with Gasteiger partial charge in [-0.25, -0.2) is 4.98 Å². The summed E-state index contributed by atoms with van der Waals surface area (Å²) in [5.74, 6) is 0. The van der Waals surface area contributed by atoms with E-state index >= 15 is 0 Å². The molecule has 1 aromatic carbocycles. The first kappa shape index (κ1) is 11.1. The number of aromatic nitrogens is 3. The van der Waals surface area contributed by atoms with Crippen molar-refractivity contribution in [1.29, 1.82) is 0 Å². The van der Waals surface area contributed by atoms with E-state index in [1.807, 2.05) is 12.5 Å². The van der Waals surface area contributed by atoms with Crippen molar-refractivity contribution in [2.75, 3.05) is 0 Å². The zero-order valence-electron chi connectivity index (χ0n) is 10.8. The number of hydrogen-bond donors (Lipinski definition) is 0. The standard InChI is InChI=1S/C15H17N3/c1-3-17-11-16-9-14(17)10-18-12(2)8-13-6-4-5-7-15(13)18/h4-9,11H,3,10H2,1-2H3. The van der Waals surface area contributed by atoms with Crippen molar-refractivity contribution >= 4 is 10.9 Å². The lowest BCUT2D eigenvalue weighted by molar-refractivity contribution is 0.672. The number of para-hydroxylation sites is 1. The van der Waals surface area contributed by atoms with Crippen molar-refractivity contribution in [3.05, 3.63) is 54.2 Å². The van der Waals surface area contributed by atoms with E-state index in [1.165, 1.54) is 22.3 Å². The van der Waals surface area contributed by atoms with Crippen molar-refractivity contribution < 1.29 is 0 Å². The second-order valence-corrected chi connectivity index (χ2v) is 4.60. The number of nitrogens with zero attached hydrogens (tertiary/aromatic N) is 3. The van der Waals surface area contributed by atoms with E-state index in [4.69, 9.17) is 0 Å². The van der Waals surface area contributed by atoms with E-state index in [1.54, 1.807) is 0 Å². The molecule has 0 radical (unpaired) electrons. The van der Waals surface area contributed by atoms with Gasteiger partial charge in [0.1, 0.15) is 0 Å². The fourth-order valence-corrected chi connectivity index (χ4v) is 2.48. The Labute approximate surface area is 107 Å². The van der Waals surface area contributed by atoms with E-state index in [2.05, 4.69) is 58.3 Å². The van der Waals surface area contributed by atoms with Crippen LogP contribution in [0, 0.1) is 6.92 Å². The maximum atomic E-state index is 4.23. The monoisotopic (exact) mass is 239 g/mol. The van der Waals surface area contributed by atoms with E-state index in [0.717, 1.165) is 13.1 Å². The predicted molar refractivity (Wildman–Crippen MR) is 73.7 cm³/mol. The van der Waals surface area contributed by atoms with Gasteiger partial charge in [-0.2, -0.15) is 0 Å². The Kier molecular flexibility index (Phi) is 2.67. The third kappa shape index (κ3) is 1.72. The molecule has 0 N–H and O–H groups in total. The van der Waals surface area contributed by atoms with Gasteiger partial charge in [0.15, 0.2) is 0 Å². The normalized spacial score (nSPS) is 11.2. The highest BCUT2D eigenvalue weighted by atomic mass is 15.1. The highest BCUT2D eigenvalue weighted by molar-refractivity contribution is 5.81. The van der Waals surface area contributed by atoms with Crippen LogP contribution in [0.3, 0.4) is 0 Å². The summed E-state index contributed by atoms with van der Waals surface area (Å²) in [7, 11) is 0. The summed E-state index contributed by atoms with van der Waals surface area (Å²) < 4.78 is 4.53. The molecular weight excluding hydrogens is 222 g/mol. The van der Waals surface area contributed by atoms with Gasteiger partial charge in [0.2, 0.25) is 0 Å². The first-order valence-corrected chi connectivity index (χ1v) is 6.33. The molecule has 0 bridgehead atoms. The number of aryl methyl sites for hydroxylation is 2. The Morgan fingerprint density at radius 2 is 2.06 bits per heavy atom. The molecule has 0 saturated heterocycles. The Morgan fingerprint density at radius 3 is 2.89 bits per heavy atom. The van der Waals surface area contributed by atoms with E-state index < -0.39 is 0 Å². The van der Waals surface area contributed by atoms with Gasteiger partial charge >= 0.3 is 0 Å². The molecule has 3 rings (SSSR count). The van der Waals surface area contributed by atoms with Crippen LogP contribution in [0.2, 0.25) is 0 Å². The average molecular weight is 239 g/mol. The van der Waals surface area contributed by atoms with Gasteiger partial charge in [-0.05, 0) is 31.4 Å². The van der Waals surface area contributed by atoms with E-state index in [0.29, 0.717) is 0 Å². The van der Waals surface area contributed by atoms with Crippen LogP contribution in [-0.4, -0.2) is 14.1 Å². The van der Waals surface area contributed by atoms with E-state index in [-0.39, 0.29) is 0 Å². The van der Waals surface area contributed by atoms with Crippen LogP contribution in [0.5, 0.6) is 0 Å². The molecule has 3 nitrogen and oxygen atoms in total. The number of benzene rings is 1. The van der Waals surface area contributed by atoms with Crippen LogP contribution in [-0.2, 0) is 13.1 Å². The van der Waals surface area contributed by atoms with Crippen molar-refractivity contribution in [2.45, 2.75) is 26.9 Å². The van der Waals surface area contributed by atoms with Gasteiger partial charge in [0.25, 0.3) is 0 Å². The fourth-order valence-electron chi connectivity index (χ4n) is 2.48. The third-order valence-corrected chi connectivity index (χ3v) is 3.48. The minimum atomic E-state index is 0.882. The molecule has 0 unspecified atom stereocenters. The maximum absolute atomic E-state index is 4.23. The smallest absolute Gasteiger partial charge is 0.0948 e. The number of fused-ring (bicyclic) bond motifs is 1. The maximum Gasteiger partial charge on any atom is 0.0948 e. The van der Waals surface area contributed by atoms with Crippen LogP contribution in [0.1, 0.15) is 18.3 Å². The molecule has 92 valence electrons. The minimum Gasteiger partial charge on any atom is -0.339 e. The quantitative estimate of drug-likeness (QED) is 0.688. The van der Waals surface area contributed by atoms with Crippen LogP contribution >= 0.6 is 0 Å². The van der Waals surface area contributed by atoms with Gasteiger partial charge in [-0.3, -0.25) is 0 Å². The highest BCUT2D eigenvalue weighted by Gasteiger charge is 2.07. The molecule has 0 aliphatic carbocycles. The zero-order chi connectivity index (χ0) is 12.5. The summed E-state index contributed by atoms with van der Waals surface area (Å²) in [6, 6.07) is 10.8. The van der Waals surface area contributed by atoms with Crippen molar-refractivity contribution in [2.24, 2.45) is 0 Å². The van der Waals surface area contributed by atoms with E-state index in [9.17, 15) is 0 Å². The highest BCUT2D eigenvalue weighted by Crippen LogP contribution is 2.20. The first-order chi connectivity index (χ1) is 8.79. The van der Waals surface area contributed by atoms with Crippen molar-refractivity contribution in [3.63, 3.8) is 0 Å². The second-order valence-electron chi connectivity index (χ2n) is 4.60. The topological polar surface area (TPSA) is 22.8 Å². The summed E-state index contributed by atoms with van der Waals surface area (Å²) in [5.41, 5.74) is 3.83. The lowest BCUT2D eigenvalue weighted by atomic mass is 10.2. The molecule has 0 aliphatic rings. The molecule has 0 aliphatic heterocycles. The predicted octanol–water partition coefficient (Wildman–Crippen LogP) is 3.21. The number of hydrogen-bond acceptors (Lipinski definition) is 1. The average Bonchev–Trinajstić information content (AvgIpc) is 2.95. The van der Waals surface area contributed by atoms with Crippen molar-refractivity contribution in [3.8, 4) is 0 Å². The fraction of sp³-hybridized carbons (Fsp3) is 0.267. The molecule has 3 heteroatoms. The summed E-state index contributed by atoms with van der Waals surface area (Å²) in [6.07, 6.45) is 3.86. The Bertz CT molecular complexity index is 676. The SMILES string of the molecule is CCn1cncc1Cn1c(C)cc2ccccc21. The molecule has 0 amide bonds. The Hall–Kier alpha value is -2.03. The molecule has 0 saturated carbocycles. The van der Waals surface area contributed by atoms with Crippen LogP contribution < -0.4 is 0 Å². The Balaban J connectivity index is 2.07. The van der Waals surface area contributed by atoms with Gasteiger partial charge in [0.05, 0.1) is 18.6 Å². The lowest BCUT2D eigenvalue weighted by Crippen LogP contribution is -2.07. The molecule has 0 atom stereocenters. The third-order valence-electron chi connectivity index (χ3n) is 3.48. The molecule has 0 spiro atoms. The lowest BCUT2D eigenvalue weighted by Gasteiger charge is -2.10. The van der Waals surface area contributed by atoms with Gasteiger partial charge < -0.3 is 9.13 Å². The molecular formula is C15H17N3. The van der Waals surface area contributed by atoms with Gasteiger partial charge in [-0.15, -0.1) is 0 Å². The summed E-state index contributed by atoms with van der Waals surface area (Å²) >= 11 is 0. The number of rotatable bonds is 3. The first-order valence-electron chi connectivity index (χ1n) is 6.33. The molecule has 2 aromatic heterocycles. The minimum absolute atomic E-state index is 0.882. The number of imidazole rings is 1. The van der Waals surface area contributed by atoms with Crippen molar-refractivity contribution in [1.82, 2.24) is 14.1 Å². The summed E-state index contributed by atoms with van der Waals surface area (Å²) in [5, 5.41) is 1.30. The van der Waals surface area contributed by atoms with Crippen LogP contribution in [0.15, 0.2) is 42.9 Å². The van der Waals surface area contributed by atoms with Crippen LogP contribution in [0.4, 0.5) is 0 Å². The molecule has 18 heavy (non-hydrogen) atoms. The summed E-state index contributed by atoms with van der Waals surface area (Å²) in [6.45, 7) is 6.15. The second kappa shape index (κ2) is 4.33. The Morgan fingerprint density at radius 1 is 1.22 bits per heavy atom. The zero-order valence-corrected chi connectivity index (χ0v) is 10.8. The van der Waals surface area contributed by atoms with Gasteiger partial charge in [-0.1, -0.05) is 18.2 Å². The molecule has 2 heterocycles.